The van der Waals surface area contributed by atoms with Crippen molar-refractivity contribution >= 4 is 30.4 Å². The van der Waals surface area contributed by atoms with E-state index in [4.69, 9.17) is 25.0 Å². The van der Waals surface area contributed by atoms with Crippen molar-refractivity contribution in [3.05, 3.63) is 43.0 Å². The standard InChI is InChI=1S/C23H31N8O5P/c1-16(2)29-23(32)19(12-34-10-9-24)30-37(33,36-18-7-5-4-6-8-18)15-35-17(3)11-31-14-28-20-21(25)26-13-27-22(20)31/h4-8,13-14,16-17,19H,10-12,15H2,1-3H3,(H,29,32)(H,30,33)(H2,25,26,27)/t17-,19?,37?/m1/s1. The number of nitrogen functional groups attached to an aromatic ring is 1. The molecule has 0 aliphatic heterocycles. The van der Waals surface area contributed by atoms with E-state index in [1.807, 2.05) is 6.07 Å². The number of amides is 1. The summed E-state index contributed by atoms with van der Waals surface area (Å²) in [5.41, 5.74) is 6.88. The molecule has 0 bridgehead atoms. The third-order valence-electron chi connectivity index (χ3n) is 4.96. The molecule has 3 rings (SSSR count). The highest BCUT2D eigenvalue weighted by Crippen LogP contribution is 2.44. The molecule has 0 spiro atoms. The van der Waals surface area contributed by atoms with Gasteiger partial charge in [-0.05, 0) is 32.9 Å². The maximum atomic E-state index is 14.0. The van der Waals surface area contributed by atoms with E-state index in [1.54, 1.807) is 62.0 Å². The Bertz CT molecular complexity index is 1260. The zero-order valence-electron chi connectivity index (χ0n) is 20.9. The lowest BCUT2D eigenvalue weighted by atomic mass is 10.3. The molecule has 3 atom stereocenters. The Labute approximate surface area is 214 Å². The van der Waals surface area contributed by atoms with Gasteiger partial charge in [-0.1, -0.05) is 18.2 Å². The number of hydrogen-bond acceptors (Lipinski definition) is 10. The second-order valence-electron chi connectivity index (χ2n) is 8.53. The van der Waals surface area contributed by atoms with Crippen LogP contribution in [0.25, 0.3) is 11.2 Å². The highest BCUT2D eigenvalue weighted by Gasteiger charge is 2.33. The normalized spacial score (nSPS) is 14.6. The number of carbonyl (C=O) groups is 1. The summed E-state index contributed by atoms with van der Waals surface area (Å²) < 4.78 is 32.7. The fraction of sp³-hybridized carbons (Fsp3) is 0.435. The quantitative estimate of drug-likeness (QED) is 0.205. The molecule has 198 valence electrons. The number of fused-ring (bicyclic) bond motifs is 1. The predicted octanol–water partition coefficient (Wildman–Crippen LogP) is 2.07. The van der Waals surface area contributed by atoms with Gasteiger partial charge in [-0.25, -0.2) is 20.0 Å². The Morgan fingerprint density at radius 1 is 1.22 bits per heavy atom. The van der Waals surface area contributed by atoms with Gasteiger partial charge in [0.1, 0.15) is 36.6 Å². The second-order valence-corrected chi connectivity index (χ2v) is 10.6. The molecule has 37 heavy (non-hydrogen) atoms. The average molecular weight is 531 g/mol. The highest BCUT2D eigenvalue weighted by atomic mass is 31.2. The van der Waals surface area contributed by atoms with Gasteiger partial charge in [0.2, 0.25) is 5.91 Å². The molecular formula is C23H31N8O5P. The molecule has 0 fully saturated rings. The second kappa shape index (κ2) is 13.1. The lowest BCUT2D eigenvalue weighted by molar-refractivity contribution is -0.124. The minimum atomic E-state index is -3.81. The van der Waals surface area contributed by atoms with Gasteiger partial charge in [-0.2, -0.15) is 5.26 Å². The maximum absolute atomic E-state index is 14.0. The van der Waals surface area contributed by atoms with Crippen LogP contribution in [0.4, 0.5) is 5.82 Å². The lowest BCUT2D eigenvalue weighted by Gasteiger charge is -2.27. The third kappa shape index (κ3) is 8.23. The first kappa shape index (κ1) is 28.0. The monoisotopic (exact) mass is 530 g/mol. The number of hydrogen-bond donors (Lipinski definition) is 3. The van der Waals surface area contributed by atoms with Crippen LogP contribution >= 0.6 is 7.52 Å². The number of nitrogens with one attached hydrogen (secondary N) is 2. The molecule has 2 unspecified atom stereocenters. The third-order valence-corrected chi connectivity index (χ3v) is 6.66. The lowest BCUT2D eigenvalue weighted by Crippen LogP contribution is -2.48. The first-order valence-corrected chi connectivity index (χ1v) is 13.4. The number of anilines is 1. The van der Waals surface area contributed by atoms with Gasteiger partial charge in [0.15, 0.2) is 11.5 Å². The average Bonchev–Trinajstić information content (AvgIpc) is 3.26. The summed E-state index contributed by atoms with van der Waals surface area (Å²) in [5, 5.41) is 14.4. The van der Waals surface area contributed by atoms with Crippen LogP contribution in [0, 0.1) is 11.3 Å². The van der Waals surface area contributed by atoms with Crippen LogP contribution in [-0.2, 0) is 25.4 Å². The van der Waals surface area contributed by atoms with E-state index in [9.17, 15) is 9.36 Å². The summed E-state index contributed by atoms with van der Waals surface area (Å²) in [6, 6.07) is 9.20. The number of nitrogens with zero attached hydrogens (tertiary/aromatic N) is 5. The Morgan fingerprint density at radius 2 is 1.97 bits per heavy atom. The van der Waals surface area contributed by atoms with Crippen molar-refractivity contribution in [2.24, 2.45) is 0 Å². The zero-order chi connectivity index (χ0) is 26.8. The van der Waals surface area contributed by atoms with Gasteiger partial charge < -0.3 is 29.6 Å². The molecule has 4 N–H and O–H groups in total. The first-order chi connectivity index (χ1) is 17.7. The van der Waals surface area contributed by atoms with Crippen LogP contribution in [-0.4, -0.2) is 63.2 Å². The van der Waals surface area contributed by atoms with Crippen molar-refractivity contribution in [1.29, 1.82) is 5.26 Å². The van der Waals surface area contributed by atoms with E-state index in [-0.39, 0.29) is 31.4 Å². The molecule has 0 aliphatic rings. The number of benzene rings is 1. The van der Waals surface area contributed by atoms with Crippen molar-refractivity contribution in [2.45, 2.75) is 45.5 Å². The Morgan fingerprint density at radius 3 is 2.68 bits per heavy atom. The van der Waals surface area contributed by atoms with Gasteiger partial charge in [0.05, 0.1) is 31.7 Å². The van der Waals surface area contributed by atoms with Gasteiger partial charge in [0.25, 0.3) is 0 Å². The molecule has 2 heterocycles. The van der Waals surface area contributed by atoms with Crippen molar-refractivity contribution in [3.8, 4) is 11.8 Å². The number of nitrogens with two attached hydrogens (primary N) is 1. The van der Waals surface area contributed by atoms with Gasteiger partial charge in [0, 0.05) is 6.04 Å². The summed E-state index contributed by atoms with van der Waals surface area (Å²) in [6.45, 7) is 5.31. The number of imidazole rings is 1. The molecule has 13 nitrogen and oxygen atoms in total. The fourth-order valence-corrected chi connectivity index (χ4v) is 5.11. The summed E-state index contributed by atoms with van der Waals surface area (Å²) in [7, 11) is -3.81. The molecule has 3 aromatic rings. The molecule has 2 aromatic heterocycles. The van der Waals surface area contributed by atoms with E-state index in [2.05, 4.69) is 25.4 Å². The zero-order valence-corrected chi connectivity index (χ0v) is 21.8. The van der Waals surface area contributed by atoms with Gasteiger partial charge in [-0.15, -0.1) is 0 Å². The van der Waals surface area contributed by atoms with E-state index < -0.39 is 25.6 Å². The predicted molar refractivity (Wildman–Crippen MR) is 136 cm³/mol. The van der Waals surface area contributed by atoms with Crippen LogP contribution < -0.4 is 20.7 Å². The largest absolute Gasteiger partial charge is 0.431 e. The van der Waals surface area contributed by atoms with E-state index in [0.717, 1.165) is 0 Å². The maximum Gasteiger partial charge on any atom is 0.342 e. The first-order valence-electron chi connectivity index (χ1n) is 11.6. The molecule has 0 saturated carbocycles. The Kier molecular flexibility index (Phi) is 9.93. The highest BCUT2D eigenvalue weighted by molar-refractivity contribution is 7.57. The SMILES string of the molecule is CC(C)NC(=O)C(COCC#N)NP(=O)(CO[C@H](C)Cn1cnc2c(N)ncnc21)Oc1ccccc1. The summed E-state index contributed by atoms with van der Waals surface area (Å²) in [4.78, 5) is 25.2. The fourth-order valence-electron chi connectivity index (χ4n) is 3.35. The molecule has 1 amide bonds. The number of para-hydroxylation sites is 1. The smallest absolute Gasteiger partial charge is 0.342 e. The van der Waals surface area contributed by atoms with Crippen LogP contribution in [0.15, 0.2) is 43.0 Å². The molecule has 0 saturated heterocycles. The number of aromatic nitrogens is 4. The minimum absolute atomic E-state index is 0.165. The van der Waals surface area contributed by atoms with Crippen LogP contribution in [0.3, 0.4) is 0 Å². The molecular weight excluding hydrogens is 499 g/mol. The minimum Gasteiger partial charge on any atom is -0.431 e. The number of carbonyl (C=O) groups excluding carboxylic acids is 1. The van der Waals surface area contributed by atoms with E-state index in [1.165, 1.54) is 6.33 Å². The molecule has 1 aromatic carbocycles. The Hall–Kier alpha value is -3.56. The summed E-state index contributed by atoms with van der Waals surface area (Å²) in [5.74, 6) is 0.162. The number of rotatable bonds is 14. The summed E-state index contributed by atoms with van der Waals surface area (Å²) in [6.07, 6.45) is 2.13. The van der Waals surface area contributed by atoms with Crippen LogP contribution in [0.2, 0.25) is 0 Å². The van der Waals surface area contributed by atoms with Gasteiger partial charge >= 0.3 is 7.52 Å². The van der Waals surface area contributed by atoms with Crippen molar-refractivity contribution in [3.63, 3.8) is 0 Å². The van der Waals surface area contributed by atoms with E-state index >= 15 is 0 Å². The van der Waals surface area contributed by atoms with Crippen molar-refractivity contribution in [1.82, 2.24) is 29.9 Å². The van der Waals surface area contributed by atoms with Gasteiger partial charge in [-0.3, -0.25) is 9.36 Å². The van der Waals surface area contributed by atoms with Crippen molar-refractivity contribution in [2.75, 3.05) is 25.3 Å². The topological polar surface area (TPSA) is 179 Å². The summed E-state index contributed by atoms with van der Waals surface area (Å²) >= 11 is 0. The van der Waals surface area contributed by atoms with Crippen LogP contribution in [0.1, 0.15) is 20.8 Å². The van der Waals surface area contributed by atoms with Crippen molar-refractivity contribution < 1.29 is 23.4 Å². The molecule has 0 radical (unpaired) electrons. The van der Waals surface area contributed by atoms with Crippen LogP contribution in [0.5, 0.6) is 5.75 Å². The molecule has 14 heteroatoms. The Balaban J connectivity index is 1.76. The number of ether oxygens (including phenoxy) is 2. The molecule has 0 aliphatic carbocycles. The van der Waals surface area contributed by atoms with E-state index in [0.29, 0.717) is 23.5 Å². The number of nitriles is 1.